The number of nitrogens with zero attached hydrogens (tertiary/aromatic N) is 2. The Bertz CT molecular complexity index is 639. The predicted molar refractivity (Wildman–Crippen MR) is 76.6 cm³/mol. The van der Waals surface area contributed by atoms with Crippen LogP contribution in [0.15, 0.2) is 17.5 Å². The lowest BCUT2D eigenvalue weighted by atomic mass is 10.2. The molecule has 1 aliphatic carbocycles. The lowest BCUT2D eigenvalue weighted by molar-refractivity contribution is 1.05. The van der Waals surface area contributed by atoms with Gasteiger partial charge >= 0.3 is 0 Å². The average molecular weight is 272 g/mol. The highest BCUT2D eigenvalue weighted by Crippen LogP contribution is 2.41. The molecule has 2 heterocycles. The van der Waals surface area contributed by atoms with Crippen molar-refractivity contribution in [1.29, 1.82) is 5.26 Å². The van der Waals surface area contributed by atoms with Gasteiger partial charge in [0.25, 0.3) is 0 Å². The SMILES string of the molecule is Cc1ccc(/C=C(/C#N)c2nc(C3CC3)cs2)s1. The van der Waals surface area contributed by atoms with Crippen LogP contribution < -0.4 is 0 Å². The highest BCUT2D eigenvalue weighted by Gasteiger charge is 2.26. The van der Waals surface area contributed by atoms with Crippen LogP contribution in [0.4, 0.5) is 0 Å². The molecule has 0 aromatic carbocycles. The Labute approximate surface area is 114 Å². The molecule has 18 heavy (non-hydrogen) atoms. The Morgan fingerprint density at radius 2 is 2.33 bits per heavy atom. The van der Waals surface area contributed by atoms with Gasteiger partial charge in [0.05, 0.1) is 11.3 Å². The van der Waals surface area contributed by atoms with E-state index in [1.54, 1.807) is 22.7 Å². The van der Waals surface area contributed by atoms with Crippen LogP contribution in [0.1, 0.15) is 39.2 Å². The molecule has 0 bridgehead atoms. The summed E-state index contributed by atoms with van der Waals surface area (Å²) in [6.07, 6.45) is 4.44. The Hall–Kier alpha value is -1.44. The van der Waals surface area contributed by atoms with Crippen LogP contribution in [0.3, 0.4) is 0 Å². The van der Waals surface area contributed by atoms with E-state index in [0.29, 0.717) is 11.5 Å². The molecule has 0 amide bonds. The van der Waals surface area contributed by atoms with E-state index in [9.17, 15) is 5.26 Å². The Balaban J connectivity index is 1.91. The van der Waals surface area contributed by atoms with Crippen LogP contribution in [0.5, 0.6) is 0 Å². The first-order valence-corrected chi connectivity index (χ1v) is 7.60. The Morgan fingerprint density at radius 3 is 2.94 bits per heavy atom. The van der Waals surface area contributed by atoms with E-state index >= 15 is 0 Å². The number of allylic oxidation sites excluding steroid dienone is 1. The van der Waals surface area contributed by atoms with Gasteiger partial charge in [0.2, 0.25) is 0 Å². The van der Waals surface area contributed by atoms with Crippen molar-refractivity contribution in [2.45, 2.75) is 25.7 Å². The van der Waals surface area contributed by atoms with Crippen LogP contribution >= 0.6 is 22.7 Å². The van der Waals surface area contributed by atoms with Crippen molar-refractivity contribution in [3.8, 4) is 6.07 Å². The third kappa shape index (κ3) is 2.38. The Kier molecular flexibility index (Phi) is 3.02. The lowest BCUT2D eigenvalue weighted by Crippen LogP contribution is -1.82. The molecular weight excluding hydrogens is 260 g/mol. The van der Waals surface area contributed by atoms with Crippen LogP contribution in [-0.2, 0) is 0 Å². The van der Waals surface area contributed by atoms with E-state index in [1.165, 1.54) is 23.4 Å². The van der Waals surface area contributed by atoms with Gasteiger partial charge in [-0.3, -0.25) is 0 Å². The van der Waals surface area contributed by atoms with E-state index in [2.05, 4.69) is 29.4 Å². The van der Waals surface area contributed by atoms with Crippen molar-refractivity contribution in [3.05, 3.63) is 38.0 Å². The van der Waals surface area contributed by atoms with Crippen LogP contribution in [0.2, 0.25) is 0 Å². The van der Waals surface area contributed by atoms with Crippen LogP contribution in [-0.4, -0.2) is 4.98 Å². The molecule has 2 nitrogen and oxygen atoms in total. The van der Waals surface area contributed by atoms with Crippen molar-refractivity contribution in [2.75, 3.05) is 0 Å². The third-order valence-electron chi connectivity index (χ3n) is 2.92. The molecular formula is C14H12N2S2. The van der Waals surface area contributed by atoms with Crippen molar-refractivity contribution in [2.24, 2.45) is 0 Å². The number of aryl methyl sites for hydroxylation is 1. The fraction of sp³-hybridized carbons (Fsp3) is 0.286. The van der Waals surface area contributed by atoms with Crippen molar-refractivity contribution >= 4 is 34.3 Å². The molecule has 0 aliphatic heterocycles. The van der Waals surface area contributed by atoms with Crippen molar-refractivity contribution in [1.82, 2.24) is 4.98 Å². The largest absolute Gasteiger partial charge is 0.240 e. The van der Waals surface area contributed by atoms with E-state index in [0.717, 1.165) is 9.88 Å². The molecule has 1 saturated carbocycles. The highest BCUT2D eigenvalue weighted by molar-refractivity contribution is 7.13. The van der Waals surface area contributed by atoms with Gasteiger partial charge in [0, 0.05) is 21.1 Å². The van der Waals surface area contributed by atoms with Gasteiger partial charge in [0.15, 0.2) is 0 Å². The highest BCUT2D eigenvalue weighted by atomic mass is 32.1. The molecule has 1 aliphatic rings. The second-order valence-electron chi connectivity index (χ2n) is 4.47. The summed E-state index contributed by atoms with van der Waals surface area (Å²) < 4.78 is 0. The number of thiophene rings is 1. The predicted octanol–water partition coefficient (Wildman–Crippen LogP) is 4.45. The second-order valence-corrected chi connectivity index (χ2v) is 6.65. The zero-order valence-corrected chi connectivity index (χ0v) is 11.6. The normalized spacial score (nSPS) is 15.7. The molecule has 0 unspecified atom stereocenters. The molecule has 0 radical (unpaired) electrons. The topological polar surface area (TPSA) is 36.7 Å². The standard InChI is InChI=1S/C14H12N2S2/c1-9-2-5-12(18-9)6-11(7-15)14-16-13(8-17-14)10-3-4-10/h2,5-6,8,10H,3-4H2,1H3/b11-6-. The molecule has 1 fully saturated rings. The van der Waals surface area contributed by atoms with Gasteiger partial charge in [-0.2, -0.15) is 5.26 Å². The van der Waals surface area contributed by atoms with E-state index in [4.69, 9.17) is 0 Å². The molecule has 3 rings (SSSR count). The number of thiazole rings is 1. The molecule has 0 atom stereocenters. The molecule has 2 aromatic heterocycles. The van der Waals surface area contributed by atoms with Gasteiger partial charge in [-0.25, -0.2) is 4.98 Å². The van der Waals surface area contributed by atoms with Gasteiger partial charge in [-0.05, 0) is 38.0 Å². The van der Waals surface area contributed by atoms with Gasteiger partial charge in [0.1, 0.15) is 11.1 Å². The molecule has 0 N–H and O–H groups in total. The van der Waals surface area contributed by atoms with Crippen molar-refractivity contribution in [3.63, 3.8) is 0 Å². The van der Waals surface area contributed by atoms with Crippen molar-refractivity contribution < 1.29 is 0 Å². The second kappa shape index (κ2) is 4.68. The fourth-order valence-electron chi connectivity index (χ4n) is 1.79. The van der Waals surface area contributed by atoms with E-state index < -0.39 is 0 Å². The first-order valence-electron chi connectivity index (χ1n) is 5.90. The summed E-state index contributed by atoms with van der Waals surface area (Å²) in [6.45, 7) is 2.07. The van der Waals surface area contributed by atoms with Crippen LogP contribution in [0, 0.1) is 18.3 Å². The number of hydrogen-bond acceptors (Lipinski definition) is 4. The summed E-state index contributed by atoms with van der Waals surface area (Å²) in [5.41, 5.74) is 1.84. The summed E-state index contributed by atoms with van der Waals surface area (Å²) in [6, 6.07) is 6.39. The summed E-state index contributed by atoms with van der Waals surface area (Å²) in [5.74, 6) is 0.652. The minimum Gasteiger partial charge on any atom is -0.240 e. The average Bonchev–Trinajstić information content (AvgIpc) is 2.96. The smallest absolute Gasteiger partial charge is 0.134 e. The summed E-state index contributed by atoms with van der Waals surface area (Å²) in [7, 11) is 0. The molecule has 4 heteroatoms. The molecule has 0 spiro atoms. The van der Waals surface area contributed by atoms with Gasteiger partial charge < -0.3 is 0 Å². The molecule has 2 aromatic rings. The van der Waals surface area contributed by atoms with E-state index in [1.807, 2.05) is 12.1 Å². The summed E-state index contributed by atoms with van der Waals surface area (Å²) in [4.78, 5) is 6.96. The van der Waals surface area contributed by atoms with Gasteiger partial charge in [-0.15, -0.1) is 22.7 Å². The number of nitriles is 1. The lowest BCUT2D eigenvalue weighted by Gasteiger charge is -1.92. The number of hydrogen-bond donors (Lipinski definition) is 0. The monoisotopic (exact) mass is 272 g/mol. The fourth-order valence-corrected chi connectivity index (χ4v) is 3.48. The molecule has 0 saturated heterocycles. The third-order valence-corrected chi connectivity index (χ3v) is 4.76. The number of rotatable bonds is 3. The maximum Gasteiger partial charge on any atom is 0.134 e. The minimum absolute atomic E-state index is 0.652. The zero-order chi connectivity index (χ0) is 12.5. The molecule has 90 valence electrons. The summed E-state index contributed by atoms with van der Waals surface area (Å²) in [5, 5.41) is 12.2. The van der Waals surface area contributed by atoms with E-state index in [-0.39, 0.29) is 0 Å². The van der Waals surface area contributed by atoms with Gasteiger partial charge in [-0.1, -0.05) is 0 Å². The zero-order valence-electron chi connectivity index (χ0n) is 10.0. The maximum absolute atomic E-state index is 9.26. The minimum atomic E-state index is 0.652. The van der Waals surface area contributed by atoms with Crippen LogP contribution in [0.25, 0.3) is 11.6 Å². The maximum atomic E-state index is 9.26. The first-order chi connectivity index (χ1) is 8.76. The quantitative estimate of drug-likeness (QED) is 0.774. The number of aromatic nitrogens is 1. The summed E-state index contributed by atoms with van der Waals surface area (Å²) >= 11 is 3.28. The Morgan fingerprint density at radius 1 is 1.50 bits per heavy atom. The first kappa shape index (κ1) is 11.6.